The highest BCUT2D eigenvalue weighted by atomic mass is 16.5. The highest BCUT2D eigenvalue weighted by molar-refractivity contribution is 5.81. The molecule has 3 heterocycles. The van der Waals surface area contributed by atoms with Crippen molar-refractivity contribution in [3.63, 3.8) is 0 Å². The lowest BCUT2D eigenvalue weighted by molar-refractivity contribution is 0.190. The number of fused-ring (bicyclic) bond motifs is 1. The third-order valence-corrected chi connectivity index (χ3v) is 5.99. The number of nitrogens with one attached hydrogen (secondary N) is 1. The number of hydrogen-bond donors (Lipinski definition) is 1. The van der Waals surface area contributed by atoms with Crippen molar-refractivity contribution in [1.82, 2.24) is 19.6 Å². The van der Waals surface area contributed by atoms with Gasteiger partial charge in [0.1, 0.15) is 0 Å². The van der Waals surface area contributed by atoms with Crippen molar-refractivity contribution in [3.05, 3.63) is 42.0 Å². The van der Waals surface area contributed by atoms with Crippen molar-refractivity contribution >= 4 is 11.5 Å². The lowest BCUT2D eigenvalue weighted by Crippen LogP contribution is -2.23. The smallest absolute Gasteiger partial charge is 0.241 e. The van der Waals surface area contributed by atoms with Crippen LogP contribution in [0.2, 0.25) is 0 Å². The normalized spacial score (nSPS) is 20.7. The van der Waals surface area contributed by atoms with E-state index in [0.29, 0.717) is 18.5 Å². The van der Waals surface area contributed by atoms with Crippen LogP contribution < -0.4 is 5.32 Å². The summed E-state index contributed by atoms with van der Waals surface area (Å²) in [4.78, 5) is 9.08. The average molecular weight is 394 g/mol. The Hall–Kier alpha value is -2.47. The number of rotatable bonds is 6. The number of anilines is 1. The summed E-state index contributed by atoms with van der Waals surface area (Å²) in [5.74, 6) is 1.99. The monoisotopic (exact) mass is 393 g/mol. The quantitative estimate of drug-likeness (QED) is 0.649. The van der Waals surface area contributed by atoms with Crippen molar-refractivity contribution in [1.29, 1.82) is 0 Å². The molecule has 29 heavy (non-hydrogen) atoms. The first-order valence-electron chi connectivity index (χ1n) is 10.6. The summed E-state index contributed by atoms with van der Waals surface area (Å²) in [7, 11) is 1.71. The van der Waals surface area contributed by atoms with Gasteiger partial charge in [0.15, 0.2) is 0 Å². The van der Waals surface area contributed by atoms with E-state index in [2.05, 4.69) is 51.8 Å². The number of pyridine rings is 1. The van der Waals surface area contributed by atoms with Crippen molar-refractivity contribution < 1.29 is 4.74 Å². The van der Waals surface area contributed by atoms with Gasteiger partial charge in [0, 0.05) is 47.8 Å². The van der Waals surface area contributed by atoms with Gasteiger partial charge in [-0.25, -0.2) is 9.50 Å². The maximum atomic E-state index is 5.23. The van der Waals surface area contributed by atoms with Crippen LogP contribution >= 0.6 is 0 Å². The van der Waals surface area contributed by atoms with Crippen LogP contribution in [0.15, 0.2) is 30.6 Å². The number of aryl methyl sites for hydroxylation is 1. The summed E-state index contributed by atoms with van der Waals surface area (Å²) in [6.45, 7) is 7.05. The fraction of sp³-hybridized carbons (Fsp3) is 0.522. The Morgan fingerprint density at radius 1 is 1.17 bits per heavy atom. The van der Waals surface area contributed by atoms with Crippen LogP contribution in [0.3, 0.4) is 0 Å². The first-order valence-corrected chi connectivity index (χ1v) is 10.6. The first-order chi connectivity index (χ1) is 14.0. The summed E-state index contributed by atoms with van der Waals surface area (Å²) in [6.07, 6.45) is 8.86. The third-order valence-electron chi connectivity index (χ3n) is 5.99. The zero-order chi connectivity index (χ0) is 20.4. The second-order valence-electron chi connectivity index (χ2n) is 8.51. The molecule has 0 amide bonds. The molecule has 1 aliphatic carbocycles. The highest BCUT2D eigenvalue weighted by Gasteiger charge is 2.25. The Balaban J connectivity index is 1.76. The maximum absolute atomic E-state index is 5.23. The Labute approximate surface area is 172 Å². The summed E-state index contributed by atoms with van der Waals surface area (Å²) in [5, 5.41) is 8.22. The molecule has 0 aliphatic heterocycles. The molecule has 1 fully saturated rings. The van der Waals surface area contributed by atoms with Gasteiger partial charge < -0.3 is 10.1 Å². The van der Waals surface area contributed by atoms with Crippen LogP contribution in [0, 0.1) is 12.8 Å². The predicted octanol–water partition coefficient (Wildman–Crippen LogP) is 4.84. The molecule has 3 aromatic rings. The molecule has 6 heteroatoms. The van der Waals surface area contributed by atoms with E-state index in [-0.39, 0.29) is 6.04 Å². The van der Waals surface area contributed by atoms with Crippen molar-refractivity contribution in [2.75, 3.05) is 19.0 Å². The number of nitrogens with zero attached hydrogens (tertiary/aromatic N) is 4. The topological polar surface area (TPSA) is 64.3 Å². The zero-order valence-corrected chi connectivity index (χ0v) is 17.9. The number of methoxy groups -OCH3 is 1. The van der Waals surface area contributed by atoms with Gasteiger partial charge in [0.2, 0.25) is 5.95 Å². The minimum absolute atomic E-state index is 0.146. The van der Waals surface area contributed by atoms with Gasteiger partial charge >= 0.3 is 0 Å². The molecule has 1 saturated carbocycles. The molecule has 0 saturated heterocycles. The van der Waals surface area contributed by atoms with Crippen molar-refractivity contribution in [2.45, 2.75) is 58.4 Å². The number of aromatic nitrogens is 4. The third kappa shape index (κ3) is 4.27. The lowest BCUT2D eigenvalue weighted by atomic mass is 9.81. The second-order valence-corrected chi connectivity index (χ2v) is 8.51. The van der Waals surface area contributed by atoms with Crippen molar-refractivity contribution in [3.8, 4) is 11.1 Å². The largest absolute Gasteiger partial charge is 0.383 e. The van der Waals surface area contributed by atoms with Gasteiger partial charge in [-0.1, -0.05) is 25.8 Å². The molecular weight excluding hydrogens is 362 g/mol. The van der Waals surface area contributed by atoms with Gasteiger partial charge in [-0.2, -0.15) is 0 Å². The van der Waals surface area contributed by atoms with Gasteiger partial charge in [0.05, 0.1) is 18.3 Å². The van der Waals surface area contributed by atoms with Crippen LogP contribution in [0.25, 0.3) is 16.6 Å². The SMILES string of the molecule is COC[C@H](C)Nc1ncc2c(-c3ccc(C)nc3)cc(C3CCC(C)CC3)n2n1. The molecule has 1 N–H and O–H groups in total. The highest BCUT2D eigenvalue weighted by Crippen LogP contribution is 2.39. The molecule has 0 spiro atoms. The van der Waals surface area contributed by atoms with E-state index in [1.165, 1.54) is 31.4 Å². The van der Waals surface area contributed by atoms with Crippen LogP contribution in [-0.4, -0.2) is 39.3 Å². The minimum Gasteiger partial charge on any atom is -0.383 e. The molecule has 1 atom stereocenters. The maximum Gasteiger partial charge on any atom is 0.241 e. The molecule has 0 unspecified atom stereocenters. The van der Waals surface area contributed by atoms with Crippen LogP contribution in [0.4, 0.5) is 5.95 Å². The van der Waals surface area contributed by atoms with E-state index in [1.54, 1.807) is 7.11 Å². The minimum atomic E-state index is 0.146. The molecular formula is C23H31N5O. The molecule has 154 valence electrons. The molecule has 0 aromatic carbocycles. The Morgan fingerprint density at radius 3 is 2.66 bits per heavy atom. The van der Waals surface area contributed by atoms with E-state index in [1.807, 2.05) is 19.3 Å². The molecule has 4 rings (SSSR count). The summed E-state index contributed by atoms with van der Waals surface area (Å²) in [6, 6.07) is 6.65. The van der Waals surface area contributed by atoms with Gasteiger partial charge in [-0.3, -0.25) is 4.98 Å². The molecule has 0 bridgehead atoms. The Morgan fingerprint density at radius 2 is 1.97 bits per heavy atom. The van der Waals surface area contributed by atoms with Crippen LogP contribution in [0.1, 0.15) is 56.8 Å². The summed E-state index contributed by atoms with van der Waals surface area (Å²) >= 11 is 0. The lowest BCUT2D eigenvalue weighted by Gasteiger charge is -2.25. The molecule has 1 aliphatic rings. The summed E-state index contributed by atoms with van der Waals surface area (Å²) in [5.41, 5.74) is 5.61. The Bertz CT molecular complexity index is 957. The second kappa shape index (κ2) is 8.49. The van der Waals surface area contributed by atoms with E-state index >= 15 is 0 Å². The van der Waals surface area contributed by atoms with Crippen molar-refractivity contribution in [2.24, 2.45) is 5.92 Å². The van der Waals surface area contributed by atoms with Crippen LogP contribution in [-0.2, 0) is 4.74 Å². The number of ether oxygens (including phenoxy) is 1. The van der Waals surface area contributed by atoms with E-state index in [9.17, 15) is 0 Å². The van der Waals surface area contributed by atoms with Gasteiger partial charge in [-0.15, -0.1) is 5.10 Å². The summed E-state index contributed by atoms with van der Waals surface area (Å²) < 4.78 is 7.33. The standard InChI is InChI=1S/C23H31N5O/c1-15-5-8-18(9-6-15)21-11-20(19-10-7-16(2)24-12-19)22-13-25-23(27-28(21)22)26-17(3)14-29-4/h7,10-13,15,17-18H,5-6,8-9,14H2,1-4H3,(H,26,27)/t15?,17-,18?/m0/s1. The van der Waals surface area contributed by atoms with Gasteiger partial charge in [-0.05, 0) is 44.7 Å². The predicted molar refractivity (Wildman–Crippen MR) is 116 cm³/mol. The van der Waals surface area contributed by atoms with Gasteiger partial charge in [0.25, 0.3) is 0 Å². The fourth-order valence-electron chi connectivity index (χ4n) is 4.30. The number of hydrogen-bond acceptors (Lipinski definition) is 5. The van der Waals surface area contributed by atoms with Crippen LogP contribution in [0.5, 0.6) is 0 Å². The zero-order valence-electron chi connectivity index (χ0n) is 17.9. The Kier molecular flexibility index (Phi) is 5.81. The van der Waals surface area contributed by atoms with E-state index in [0.717, 1.165) is 28.3 Å². The average Bonchev–Trinajstić information content (AvgIpc) is 3.08. The van der Waals surface area contributed by atoms with E-state index < -0.39 is 0 Å². The van der Waals surface area contributed by atoms with E-state index in [4.69, 9.17) is 9.84 Å². The molecule has 3 aromatic heterocycles. The fourth-order valence-corrected chi connectivity index (χ4v) is 4.30. The first kappa shape index (κ1) is 19.8. The molecule has 0 radical (unpaired) electrons. The molecule has 6 nitrogen and oxygen atoms in total.